The number of nitrogens with one attached hydrogen (secondary N) is 1. The molecule has 94 valence electrons. The SMILES string of the molecule is CC(C)(C)C(=O)NCc1ccc(C(=O)CBr)s1. The number of hydrogen-bond acceptors (Lipinski definition) is 3. The minimum atomic E-state index is -0.383. The van der Waals surface area contributed by atoms with Crippen LogP contribution in [0.3, 0.4) is 0 Å². The van der Waals surface area contributed by atoms with Crippen LogP contribution in [0.5, 0.6) is 0 Å². The highest BCUT2D eigenvalue weighted by Gasteiger charge is 2.20. The molecular formula is C12H16BrNO2S. The van der Waals surface area contributed by atoms with Crippen LogP contribution in [0, 0.1) is 5.41 Å². The van der Waals surface area contributed by atoms with Crippen molar-refractivity contribution in [2.45, 2.75) is 27.3 Å². The van der Waals surface area contributed by atoms with Crippen molar-refractivity contribution in [2.24, 2.45) is 5.41 Å². The Morgan fingerprint density at radius 2 is 2.00 bits per heavy atom. The zero-order valence-electron chi connectivity index (χ0n) is 10.2. The monoisotopic (exact) mass is 317 g/mol. The molecule has 0 fully saturated rings. The molecular weight excluding hydrogens is 302 g/mol. The van der Waals surface area contributed by atoms with Crippen LogP contribution >= 0.6 is 27.3 Å². The van der Waals surface area contributed by atoms with Crippen molar-refractivity contribution in [2.75, 3.05) is 5.33 Å². The average molecular weight is 318 g/mol. The van der Waals surface area contributed by atoms with Gasteiger partial charge in [-0.15, -0.1) is 11.3 Å². The number of hydrogen-bond donors (Lipinski definition) is 1. The van der Waals surface area contributed by atoms with Crippen LogP contribution in [0.1, 0.15) is 35.3 Å². The predicted octanol–water partition coefficient (Wildman–Crippen LogP) is 2.99. The number of alkyl halides is 1. The molecule has 0 unspecified atom stereocenters. The minimum absolute atomic E-state index is 0.0132. The summed E-state index contributed by atoms with van der Waals surface area (Å²) in [6, 6.07) is 3.68. The standard InChI is InChI=1S/C12H16BrNO2S/c1-12(2,3)11(16)14-7-8-4-5-10(17-8)9(15)6-13/h4-5H,6-7H2,1-3H3,(H,14,16). The van der Waals surface area contributed by atoms with Crippen molar-refractivity contribution >= 4 is 39.0 Å². The number of amides is 1. The fraction of sp³-hybridized carbons (Fsp3) is 0.500. The zero-order valence-corrected chi connectivity index (χ0v) is 12.6. The van der Waals surface area contributed by atoms with Crippen molar-refractivity contribution in [1.82, 2.24) is 5.32 Å². The highest BCUT2D eigenvalue weighted by molar-refractivity contribution is 9.09. The molecule has 1 aromatic rings. The molecule has 5 heteroatoms. The first-order valence-electron chi connectivity index (χ1n) is 5.31. The van der Waals surface area contributed by atoms with Gasteiger partial charge in [-0.2, -0.15) is 0 Å². The number of carbonyl (C=O) groups excluding carboxylic acids is 2. The van der Waals surface area contributed by atoms with Gasteiger partial charge in [0.25, 0.3) is 0 Å². The quantitative estimate of drug-likeness (QED) is 0.685. The van der Waals surface area contributed by atoms with Crippen molar-refractivity contribution in [3.63, 3.8) is 0 Å². The van der Waals surface area contributed by atoms with Gasteiger partial charge < -0.3 is 5.32 Å². The maximum atomic E-state index is 11.7. The maximum absolute atomic E-state index is 11.7. The first-order chi connectivity index (χ1) is 7.84. The summed E-state index contributed by atoms with van der Waals surface area (Å²) in [6.07, 6.45) is 0. The number of halogens is 1. The van der Waals surface area contributed by atoms with Crippen LogP contribution in [0.2, 0.25) is 0 Å². The number of Topliss-reactive ketones (excluding diaryl/α,β-unsaturated/α-hetero) is 1. The summed E-state index contributed by atoms with van der Waals surface area (Å²) in [7, 11) is 0. The highest BCUT2D eigenvalue weighted by atomic mass is 79.9. The summed E-state index contributed by atoms with van der Waals surface area (Å²) >= 11 is 4.56. The number of thiophene rings is 1. The van der Waals surface area contributed by atoms with Crippen LogP contribution < -0.4 is 5.32 Å². The second-order valence-corrected chi connectivity index (χ2v) is 6.48. The summed E-state index contributed by atoms with van der Waals surface area (Å²) < 4.78 is 0. The van der Waals surface area contributed by atoms with Crippen LogP contribution in [-0.4, -0.2) is 17.0 Å². The highest BCUT2D eigenvalue weighted by Crippen LogP contribution is 2.18. The first kappa shape index (κ1) is 14.4. The fourth-order valence-corrected chi connectivity index (χ4v) is 2.49. The third-order valence-electron chi connectivity index (χ3n) is 2.16. The van der Waals surface area contributed by atoms with Gasteiger partial charge in [0.2, 0.25) is 5.91 Å². The van der Waals surface area contributed by atoms with Gasteiger partial charge in [-0.3, -0.25) is 9.59 Å². The zero-order chi connectivity index (χ0) is 13.1. The van der Waals surface area contributed by atoms with E-state index in [2.05, 4.69) is 21.2 Å². The Bertz CT molecular complexity index is 420. The average Bonchev–Trinajstić information content (AvgIpc) is 2.72. The molecule has 1 amide bonds. The summed E-state index contributed by atoms with van der Waals surface area (Å²) in [5.41, 5.74) is -0.383. The van der Waals surface area contributed by atoms with Crippen molar-refractivity contribution in [3.8, 4) is 0 Å². The summed E-state index contributed by atoms with van der Waals surface area (Å²) in [5, 5.41) is 3.19. The molecule has 0 aliphatic heterocycles. The molecule has 0 saturated carbocycles. The Morgan fingerprint density at radius 3 is 2.53 bits per heavy atom. The van der Waals surface area contributed by atoms with E-state index < -0.39 is 0 Å². The van der Waals surface area contributed by atoms with Crippen molar-refractivity contribution in [3.05, 3.63) is 21.9 Å². The predicted molar refractivity (Wildman–Crippen MR) is 73.7 cm³/mol. The summed E-state index contributed by atoms with van der Waals surface area (Å²) in [5.74, 6) is 0.0858. The fourth-order valence-electron chi connectivity index (χ4n) is 1.12. The third-order valence-corrected chi connectivity index (χ3v) is 3.80. The molecule has 0 atom stereocenters. The van der Waals surface area contributed by atoms with Gasteiger partial charge in [-0.05, 0) is 12.1 Å². The number of rotatable bonds is 4. The maximum Gasteiger partial charge on any atom is 0.225 e. The van der Waals surface area contributed by atoms with E-state index in [1.807, 2.05) is 26.8 Å². The molecule has 0 spiro atoms. The lowest BCUT2D eigenvalue weighted by Crippen LogP contribution is -2.34. The molecule has 1 heterocycles. The van der Waals surface area contributed by atoms with Crippen LogP contribution in [0.4, 0.5) is 0 Å². The van der Waals surface area contributed by atoms with Gasteiger partial charge in [0.1, 0.15) is 0 Å². The van der Waals surface area contributed by atoms with Gasteiger partial charge in [0.05, 0.1) is 16.8 Å². The summed E-state index contributed by atoms with van der Waals surface area (Å²) in [6.45, 7) is 6.10. The molecule has 1 rings (SSSR count). The van der Waals surface area contributed by atoms with E-state index in [1.54, 1.807) is 6.07 Å². The van der Waals surface area contributed by atoms with Gasteiger partial charge >= 0.3 is 0 Å². The molecule has 0 bridgehead atoms. The molecule has 1 aromatic heterocycles. The first-order valence-corrected chi connectivity index (χ1v) is 7.24. The third kappa shape index (κ3) is 4.24. The molecule has 0 aliphatic carbocycles. The molecule has 0 aliphatic rings. The minimum Gasteiger partial charge on any atom is -0.351 e. The Labute approximate surface area is 114 Å². The lowest BCUT2D eigenvalue weighted by Gasteiger charge is -2.17. The Hall–Kier alpha value is -0.680. The van der Waals surface area contributed by atoms with Gasteiger partial charge in [0.15, 0.2) is 5.78 Å². The van der Waals surface area contributed by atoms with E-state index in [0.29, 0.717) is 11.9 Å². The van der Waals surface area contributed by atoms with Crippen LogP contribution in [0.15, 0.2) is 12.1 Å². The second-order valence-electron chi connectivity index (χ2n) is 4.76. The molecule has 0 radical (unpaired) electrons. The Balaban J connectivity index is 2.56. The topological polar surface area (TPSA) is 46.2 Å². The number of ketones is 1. The van der Waals surface area contributed by atoms with E-state index >= 15 is 0 Å². The van der Waals surface area contributed by atoms with E-state index in [1.165, 1.54) is 11.3 Å². The van der Waals surface area contributed by atoms with E-state index in [4.69, 9.17) is 0 Å². The Kier molecular flexibility index (Phi) is 4.89. The van der Waals surface area contributed by atoms with E-state index in [-0.39, 0.29) is 17.1 Å². The van der Waals surface area contributed by atoms with Crippen molar-refractivity contribution < 1.29 is 9.59 Å². The van der Waals surface area contributed by atoms with Crippen molar-refractivity contribution in [1.29, 1.82) is 0 Å². The van der Waals surface area contributed by atoms with Gasteiger partial charge in [-0.25, -0.2) is 0 Å². The molecule has 3 nitrogen and oxygen atoms in total. The molecule has 0 aromatic carbocycles. The Morgan fingerprint density at radius 1 is 1.35 bits per heavy atom. The molecule has 17 heavy (non-hydrogen) atoms. The largest absolute Gasteiger partial charge is 0.351 e. The summed E-state index contributed by atoms with van der Waals surface area (Å²) in [4.78, 5) is 24.8. The van der Waals surface area contributed by atoms with E-state index in [0.717, 1.165) is 9.75 Å². The van der Waals surface area contributed by atoms with Gasteiger partial charge in [-0.1, -0.05) is 36.7 Å². The van der Waals surface area contributed by atoms with Crippen LogP contribution in [0.25, 0.3) is 0 Å². The normalized spacial score (nSPS) is 11.3. The smallest absolute Gasteiger partial charge is 0.225 e. The van der Waals surface area contributed by atoms with E-state index in [9.17, 15) is 9.59 Å². The lowest BCUT2D eigenvalue weighted by molar-refractivity contribution is -0.128. The van der Waals surface area contributed by atoms with Gasteiger partial charge in [0, 0.05) is 10.3 Å². The number of carbonyl (C=O) groups is 2. The molecule has 1 N–H and O–H groups in total. The molecule has 0 saturated heterocycles. The lowest BCUT2D eigenvalue weighted by atomic mass is 9.96. The van der Waals surface area contributed by atoms with Crippen LogP contribution in [-0.2, 0) is 11.3 Å². The second kappa shape index (κ2) is 5.78.